The highest BCUT2D eigenvalue weighted by atomic mass is 32.2. The number of hydrogen-bond donors (Lipinski definition) is 0. The Morgan fingerprint density at radius 3 is 3.56 bits per heavy atom. The number of thioether (sulfide) groups is 1. The van der Waals surface area contributed by atoms with Crippen LogP contribution in [0.1, 0.15) is 6.92 Å². The van der Waals surface area contributed by atoms with Crippen LogP contribution >= 0.6 is 11.8 Å². The molecule has 0 bridgehead atoms. The summed E-state index contributed by atoms with van der Waals surface area (Å²) < 4.78 is 0. The Morgan fingerprint density at radius 1 is 1.89 bits per heavy atom. The second kappa shape index (κ2) is 1.77. The van der Waals surface area contributed by atoms with Crippen LogP contribution in [-0.2, 0) is 0 Å². The van der Waals surface area contributed by atoms with Crippen molar-refractivity contribution in [2.24, 2.45) is 4.99 Å². The van der Waals surface area contributed by atoms with E-state index in [2.05, 4.69) is 28.4 Å². The van der Waals surface area contributed by atoms with Crippen molar-refractivity contribution in [3.8, 4) is 0 Å². The Hall–Kier alpha value is -0.440. The van der Waals surface area contributed by atoms with Crippen LogP contribution in [-0.4, -0.2) is 22.7 Å². The predicted molar refractivity (Wildman–Crippen MR) is 40.3 cm³/mol. The molecule has 0 radical (unpaired) electrons. The summed E-state index contributed by atoms with van der Waals surface area (Å²) in [7, 11) is 0. The average Bonchev–Trinajstić information content (AvgIpc) is 2.22. The summed E-state index contributed by atoms with van der Waals surface area (Å²) in [5.41, 5.74) is 0. The minimum Gasteiger partial charge on any atom is -0.325 e. The summed E-state index contributed by atoms with van der Waals surface area (Å²) in [6.07, 6.45) is 2.09. The molecule has 48 valence electrons. The molecule has 0 aromatic rings. The lowest BCUT2D eigenvalue weighted by atomic mass is 10.4. The Morgan fingerprint density at radius 2 is 2.78 bits per heavy atom. The predicted octanol–water partition coefficient (Wildman–Crippen LogP) is 1.26. The molecule has 0 N–H and O–H groups in total. The fraction of sp³-hybridized carbons (Fsp3) is 0.500. The molecule has 2 heterocycles. The van der Waals surface area contributed by atoms with Gasteiger partial charge in [-0.25, -0.2) is 0 Å². The van der Waals surface area contributed by atoms with Crippen LogP contribution in [0, 0.1) is 0 Å². The molecular formula is C6H8N2S. The van der Waals surface area contributed by atoms with Crippen molar-refractivity contribution in [1.82, 2.24) is 4.90 Å². The molecule has 2 aliphatic heterocycles. The van der Waals surface area contributed by atoms with Crippen LogP contribution in [0.3, 0.4) is 0 Å². The van der Waals surface area contributed by atoms with E-state index in [1.165, 1.54) is 5.17 Å². The van der Waals surface area contributed by atoms with E-state index in [4.69, 9.17) is 0 Å². The molecule has 0 fully saturated rings. The molecule has 1 atom stereocenters. The van der Waals surface area contributed by atoms with Gasteiger partial charge >= 0.3 is 0 Å². The molecule has 3 heteroatoms. The lowest BCUT2D eigenvalue weighted by molar-refractivity contribution is 0.566. The molecule has 0 saturated carbocycles. The molecule has 0 saturated heterocycles. The van der Waals surface area contributed by atoms with E-state index >= 15 is 0 Å². The van der Waals surface area contributed by atoms with Crippen molar-refractivity contribution in [1.29, 1.82) is 0 Å². The maximum Gasteiger partial charge on any atom is 0.168 e. The van der Waals surface area contributed by atoms with E-state index in [-0.39, 0.29) is 0 Å². The second-order valence-corrected chi connectivity index (χ2v) is 3.19. The number of aliphatic imine (C=N–C) groups is 1. The van der Waals surface area contributed by atoms with Crippen LogP contribution in [0.15, 0.2) is 16.6 Å². The SMILES string of the molecule is C[C@H]1CN2C=CSC2=N1. The van der Waals surface area contributed by atoms with Crippen LogP contribution in [0.5, 0.6) is 0 Å². The summed E-state index contributed by atoms with van der Waals surface area (Å²) in [6, 6.07) is 0.498. The highest BCUT2D eigenvalue weighted by molar-refractivity contribution is 8.16. The summed E-state index contributed by atoms with van der Waals surface area (Å²) >= 11 is 1.71. The first-order valence-electron chi connectivity index (χ1n) is 3.04. The Bertz CT molecular complexity index is 185. The lowest BCUT2D eigenvalue weighted by Crippen LogP contribution is -2.17. The Balaban J connectivity index is 2.23. The third kappa shape index (κ3) is 0.758. The zero-order valence-electron chi connectivity index (χ0n) is 5.24. The standard InChI is InChI=1S/C6H8N2S/c1-5-4-8-2-3-9-6(8)7-5/h2-3,5H,4H2,1H3/t5-/m0/s1. The molecule has 0 unspecified atom stereocenters. The molecule has 0 aromatic carbocycles. The highest BCUT2D eigenvalue weighted by Gasteiger charge is 2.22. The van der Waals surface area contributed by atoms with Gasteiger partial charge in [-0.1, -0.05) is 11.8 Å². The molecule has 2 rings (SSSR count). The van der Waals surface area contributed by atoms with Crippen molar-refractivity contribution in [3.63, 3.8) is 0 Å². The van der Waals surface area contributed by atoms with Crippen LogP contribution in [0.2, 0.25) is 0 Å². The first kappa shape index (κ1) is 5.35. The number of amidine groups is 1. The number of hydrogen-bond acceptors (Lipinski definition) is 3. The monoisotopic (exact) mass is 140 g/mol. The number of nitrogens with zero attached hydrogens (tertiary/aromatic N) is 2. The lowest BCUT2D eigenvalue weighted by Gasteiger charge is -2.06. The van der Waals surface area contributed by atoms with Gasteiger partial charge in [-0.2, -0.15) is 0 Å². The summed E-state index contributed by atoms with van der Waals surface area (Å²) in [6.45, 7) is 3.21. The van der Waals surface area contributed by atoms with Gasteiger partial charge < -0.3 is 4.90 Å². The fourth-order valence-electron chi connectivity index (χ4n) is 1.05. The molecule has 0 aliphatic carbocycles. The van der Waals surface area contributed by atoms with E-state index in [9.17, 15) is 0 Å². The van der Waals surface area contributed by atoms with E-state index in [1.54, 1.807) is 11.8 Å². The van der Waals surface area contributed by atoms with E-state index in [0.717, 1.165) is 6.54 Å². The van der Waals surface area contributed by atoms with Gasteiger partial charge in [0.2, 0.25) is 0 Å². The minimum atomic E-state index is 0.498. The second-order valence-electron chi connectivity index (χ2n) is 2.32. The summed E-state index contributed by atoms with van der Waals surface area (Å²) in [4.78, 5) is 6.58. The van der Waals surface area contributed by atoms with Gasteiger partial charge in [0.25, 0.3) is 0 Å². The summed E-state index contributed by atoms with van der Waals surface area (Å²) in [5.74, 6) is 0. The fourth-order valence-corrected chi connectivity index (χ4v) is 1.89. The normalized spacial score (nSPS) is 31.0. The van der Waals surface area contributed by atoms with Gasteiger partial charge in [0, 0.05) is 12.7 Å². The molecule has 0 amide bonds. The minimum absolute atomic E-state index is 0.498. The molecular weight excluding hydrogens is 132 g/mol. The largest absolute Gasteiger partial charge is 0.325 e. The molecule has 0 spiro atoms. The first-order chi connectivity index (χ1) is 4.36. The molecule has 2 aliphatic rings. The van der Waals surface area contributed by atoms with E-state index < -0.39 is 0 Å². The van der Waals surface area contributed by atoms with Gasteiger partial charge in [0.1, 0.15) is 0 Å². The van der Waals surface area contributed by atoms with Crippen molar-refractivity contribution in [2.75, 3.05) is 6.54 Å². The summed E-state index contributed by atoms with van der Waals surface area (Å²) in [5, 5.41) is 3.24. The maximum atomic E-state index is 4.39. The van der Waals surface area contributed by atoms with Gasteiger partial charge in [-0.05, 0) is 12.3 Å². The van der Waals surface area contributed by atoms with Crippen molar-refractivity contribution in [2.45, 2.75) is 13.0 Å². The van der Waals surface area contributed by atoms with Gasteiger partial charge in [0.15, 0.2) is 5.17 Å². The number of rotatable bonds is 0. The first-order valence-corrected chi connectivity index (χ1v) is 3.92. The molecule has 2 nitrogen and oxygen atoms in total. The molecule has 9 heavy (non-hydrogen) atoms. The maximum absolute atomic E-state index is 4.39. The zero-order chi connectivity index (χ0) is 6.27. The highest BCUT2D eigenvalue weighted by Crippen LogP contribution is 2.24. The van der Waals surface area contributed by atoms with Gasteiger partial charge in [0.05, 0.1) is 6.04 Å². The Labute approximate surface area is 58.6 Å². The van der Waals surface area contributed by atoms with E-state index in [0.29, 0.717) is 6.04 Å². The topological polar surface area (TPSA) is 15.6 Å². The van der Waals surface area contributed by atoms with Crippen LogP contribution in [0.25, 0.3) is 0 Å². The average molecular weight is 140 g/mol. The van der Waals surface area contributed by atoms with Crippen molar-refractivity contribution in [3.05, 3.63) is 11.6 Å². The smallest absolute Gasteiger partial charge is 0.168 e. The number of fused-ring (bicyclic) bond motifs is 1. The van der Waals surface area contributed by atoms with Crippen LogP contribution in [0.4, 0.5) is 0 Å². The Kier molecular flexibility index (Phi) is 1.05. The third-order valence-electron chi connectivity index (χ3n) is 1.45. The van der Waals surface area contributed by atoms with Crippen molar-refractivity contribution < 1.29 is 0 Å². The molecule has 0 aromatic heterocycles. The third-order valence-corrected chi connectivity index (χ3v) is 2.26. The van der Waals surface area contributed by atoms with Gasteiger partial charge in [-0.15, -0.1) is 0 Å². The van der Waals surface area contributed by atoms with E-state index in [1.807, 2.05) is 0 Å². The van der Waals surface area contributed by atoms with Gasteiger partial charge in [-0.3, -0.25) is 4.99 Å². The zero-order valence-corrected chi connectivity index (χ0v) is 6.06. The van der Waals surface area contributed by atoms with Crippen LogP contribution < -0.4 is 0 Å². The quantitative estimate of drug-likeness (QED) is 0.503. The van der Waals surface area contributed by atoms with Crippen molar-refractivity contribution >= 4 is 16.9 Å².